The van der Waals surface area contributed by atoms with Crippen molar-refractivity contribution in [3.63, 3.8) is 0 Å². The monoisotopic (exact) mass is 709 g/mol. The van der Waals surface area contributed by atoms with Crippen molar-refractivity contribution in [2.45, 2.75) is 24.3 Å². The second-order valence-corrected chi connectivity index (χ2v) is 17.3. The van der Waals surface area contributed by atoms with Crippen molar-refractivity contribution in [2.75, 3.05) is 23.0 Å². The maximum absolute atomic E-state index is 11.6. The van der Waals surface area contributed by atoms with E-state index in [2.05, 4.69) is 81.6 Å². The first-order valence-electron chi connectivity index (χ1n) is 14.6. The first kappa shape index (κ1) is 31.3. The van der Waals surface area contributed by atoms with E-state index in [1.54, 1.807) is 34.4 Å². The van der Waals surface area contributed by atoms with Crippen molar-refractivity contribution in [1.82, 2.24) is 0 Å². The zero-order chi connectivity index (χ0) is 32.1. The molecule has 0 saturated carbocycles. The molecular formula is C33H29N2O6S5+. The Balaban J connectivity index is 1.32. The number of thioether (sulfide) groups is 1. The van der Waals surface area contributed by atoms with E-state index >= 15 is 0 Å². The molecule has 2 aromatic heterocycles. The van der Waals surface area contributed by atoms with Gasteiger partial charge in [-0.3, -0.25) is 9.11 Å². The molecule has 0 aliphatic carbocycles. The summed E-state index contributed by atoms with van der Waals surface area (Å²) in [6.07, 6.45) is 2.53. The highest BCUT2D eigenvalue weighted by Crippen LogP contribution is 2.48. The topological polar surface area (TPSA) is 116 Å². The van der Waals surface area contributed by atoms with Crippen LogP contribution in [0, 0.1) is 0 Å². The molecule has 0 fully saturated rings. The van der Waals surface area contributed by atoms with Gasteiger partial charge in [-0.1, -0.05) is 59.5 Å². The molecular weight excluding hydrogens is 681 g/mol. The molecule has 0 bridgehead atoms. The van der Waals surface area contributed by atoms with Crippen LogP contribution in [0.4, 0.5) is 5.69 Å². The third-order valence-electron chi connectivity index (χ3n) is 7.95. The lowest BCUT2D eigenvalue weighted by Crippen LogP contribution is -2.36. The minimum Gasteiger partial charge on any atom is -0.335 e. The van der Waals surface area contributed by atoms with Gasteiger partial charge in [0.2, 0.25) is 5.52 Å². The van der Waals surface area contributed by atoms with E-state index in [0.717, 1.165) is 52.7 Å². The van der Waals surface area contributed by atoms with E-state index in [1.165, 1.54) is 10.1 Å². The van der Waals surface area contributed by atoms with Crippen LogP contribution in [0.1, 0.15) is 17.8 Å². The Morgan fingerprint density at radius 2 is 1.52 bits per heavy atom. The van der Waals surface area contributed by atoms with Gasteiger partial charge in [-0.2, -0.15) is 21.4 Å². The van der Waals surface area contributed by atoms with Crippen LogP contribution in [0.15, 0.2) is 94.2 Å². The maximum atomic E-state index is 11.6. The zero-order valence-electron chi connectivity index (χ0n) is 24.4. The first-order valence-corrected chi connectivity index (χ1v) is 20.3. The van der Waals surface area contributed by atoms with Crippen molar-refractivity contribution in [2.24, 2.45) is 0 Å². The van der Waals surface area contributed by atoms with Gasteiger partial charge in [0, 0.05) is 22.6 Å². The summed E-state index contributed by atoms with van der Waals surface area (Å²) in [4.78, 5) is 3.13. The Hall–Kier alpha value is -3.30. The summed E-state index contributed by atoms with van der Waals surface area (Å²) in [5, 5.41) is 7.17. The molecule has 4 aromatic carbocycles. The number of fused-ring (bicyclic) bond motifs is 5. The SMILES string of the molecule is O=S(=O)(O)CCCN1C(=Cc2sc3ccc4ccccc4c3[n+]2CCCS(=O)(=O)O)Sc2ccc(-c3ccc4sccc4c3)cc21. The molecule has 1 aliphatic heterocycles. The molecule has 6 aromatic rings. The minimum atomic E-state index is -4.13. The van der Waals surface area contributed by atoms with Crippen molar-refractivity contribution in [3.8, 4) is 11.1 Å². The Morgan fingerprint density at radius 1 is 0.783 bits per heavy atom. The van der Waals surface area contributed by atoms with Crippen LogP contribution in [0.25, 0.3) is 48.3 Å². The molecule has 0 spiro atoms. The van der Waals surface area contributed by atoms with Crippen molar-refractivity contribution in [3.05, 3.63) is 94.3 Å². The molecule has 13 heteroatoms. The molecule has 0 atom stereocenters. The lowest BCUT2D eigenvalue weighted by molar-refractivity contribution is -0.667. The summed E-state index contributed by atoms with van der Waals surface area (Å²) in [5.41, 5.74) is 4.08. The normalized spacial score (nSPS) is 14.7. The highest BCUT2D eigenvalue weighted by molar-refractivity contribution is 8.04. The van der Waals surface area contributed by atoms with Crippen LogP contribution < -0.4 is 9.47 Å². The van der Waals surface area contributed by atoms with E-state index < -0.39 is 20.2 Å². The van der Waals surface area contributed by atoms with Crippen molar-refractivity contribution >= 4 is 97.5 Å². The summed E-state index contributed by atoms with van der Waals surface area (Å²) >= 11 is 4.88. The van der Waals surface area contributed by atoms with Gasteiger partial charge in [0.25, 0.3) is 25.2 Å². The van der Waals surface area contributed by atoms with E-state index in [4.69, 9.17) is 0 Å². The molecule has 46 heavy (non-hydrogen) atoms. The van der Waals surface area contributed by atoms with Crippen LogP contribution in [0.3, 0.4) is 0 Å². The van der Waals surface area contributed by atoms with Gasteiger partial charge in [0.05, 0.1) is 33.7 Å². The summed E-state index contributed by atoms with van der Waals surface area (Å²) < 4.78 is 69.7. The standard InChI is InChI=1S/C33H28N2O6S5/c36-45(37,38)17-3-14-34-27-20-24(23-8-10-28-25(19-23)13-16-42-28)9-11-29(27)43-31(34)21-32-35(15-4-18-46(39,40)41)33-26-6-2-1-5-22(26)7-12-30(33)44-32/h1-2,5-13,16,19-21H,3-4,14-15,17-18H2,(H-,36,37,38,39,40,41)/p+1. The lowest BCUT2D eigenvalue weighted by Gasteiger charge is -2.20. The van der Waals surface area contributed by atoms with Crippen LogP contribution in [0.2, 0.25) is 0 Å². The second-order valence-electron chi connectivity index (χ2n) is 11.1. The summed E-state index contributed by atoms with van der Waals surface area (Å²) in [6, 6.07) is 27.0. The number of aryl methyl sites for hydroxylation is 1. The number of aromatic nitrogens is 1. The smallest absolute Gasteiger partial charge is 0.265 e. The number of benzene rings is 4. The number of thiazole rings is 1. The Kier molecular flexibility index (Phi) is 8.42. The molecule has 2 N–H and O–H groups in total. The molecule has 0 radical (unpaired) electrons. The van der Waals surface area contributed by atoms with Crippen LogP contribution in [0.5, 0.6) is 0 Å². The predicted octanol–water partition coefficient (Wildman–Crippen LogP) is 7.69. The van der Waals surface area contributed by atoms with Crippen LogP contribution in [-0.2, 0) is 26.8 Å². The van der Waals surface area contributed by atoms with Crippen molar-refractivity contribution < 1.29 is 30.5 Å². The summed E-state index contributed by atoms with van der Waals surface area (Å²) in [5.74, 6) is -0.699. The van der Waals surface area contributed by atoms with E-state index in [9.17, 15) is 25.9 Å². The number of hydrogen-bond donors (Lipinski definition) is 2. The van der Waals surface area contributed by atoms with Gasteiger partial charge in [0.1, 0.15) is 4.70 Å². The molecule has 8 nitrogen and oxygen atoms in total. The van der Waals surface area contributed by atoms with Gasteiger partial charge in [-0.05, 0) is 76.2 Å². The zero-order valence-corrected chi connectivity index (χ0v) is 28.4. The fourth-order valence-corrected chi connectivity index (χ4v) is 9.96. The Bertz CT molecular complexity index is 2380. The molecule has 7 rings (SSSR count). The van der Waals surface area contributed by atoms with Gasteiger partial charge in [0.15, 0.2) is 6.54 Å². The maximum Gasteiger partial charge on any atom is 0.265 e. The first-order chi connectivity index (χ1) is 22.0. The number of nitrogens with zero attached hydrogens (tertiary/aromatic N) is 2. The number of rotatable bonds is 10. The molecule has 1 aliphatic rings. The van der Waals surface area contributed by atoms with Crippen molar-refractivity contribution in [1.29, 1.82) is 0 Å². The molecule has 0 saturated heterocycles. The fraction of sp³-hybridized carbons (Fsp3) is 0.182. The largest absolute Gasteiger partial charge is 0.335 e. The van der Waals surface area contributed by atoms with Crippen LogP contribution in [-0.4, -0.2) is 44.0 Å². The summed E-state index contributed by atoms with van der Waals surface area (Å²) in [7, 11) is -8.25. The van der Waals surface area contributed by atoms with Gasteiger partial charge in [-0.25, -0.2) is 0 Å². The van der Waals surface area contributed by atoms with E-state index in [-0.39, 0.29) is 24.3 Å². The van der Waals surface area contributed by atoms with Gasteiger partial charge in [-0.15, -0.1) is 11.3 Å². The average molecular weight is 710 g/mol. The Labute approximate surface area is 279 Å². The average Bonchev–Trinajstić information content (AvgIpc) is 3.71. The van der Waals surface area contributed by atoms with E-state index in [1.807, 2.05) is 18.2 Å². The third-order valence-corrected chi connectivity index (χ3v) is 12.7. The van der Waals surface area contributed by atoms with Gasteiger partial charge < -0.3 is 4.90 Å². The van der Waals surface area contributed by atoms with E-state index in [0.29, 0.717) is 13.1 Å². The van der Waals surface area contributed by atoms with Crippen LogP contribution >= 0.6 is 34.4 Å². The highest BCUT2D eigenvalue weighted by Gasteiger charge is 2.29. The fourth-order valence-electron chi connectivity index (χ4n) is 5.88. The quantitative estimate of drug-likeness (QED) is 0.110. The molecule has 3 heterocycles. The molecule has 0 unspecified atom stereocenters. The highest BCUT2D eigenvalue weighted by atomic mass is 32.2. The number of hydrogen-bond acceptors (Lipinski definition) is 8. The Morgan fingerprint density at radius 3 is 2.35 bits per heavy atom. The number of thiophene rings is 1. The summed E-state index contributed by atoms with van der Waals surface area (Å²) in [6.45, 7) is 0.748. The third kappa shape index (κ3) is 6.58. The minimum absolute atomic E-state index is 0.229. The molecule has 0 amide bonds. The van der Waals surface area contributed by atoms with Gasteiger partial charge >= 0.3 is 0 Å². The predicted molar refractivity (Wildman–Crippen MR) is 190 cm³/mol. The number of anilines is 1. The second kappa shape index (κ2) is 12.4. The lowest BCUT2D eigenvalue weighted by atomic mass is 10.0. The molecule has 236 valence electrons.